The lowest BCUT2D eigenvalue weighted by molar-refractivity contribution is 0.374. The van der Waals surface area contributed by atoms with Crippen LogP contribution in [0.25, 0.3) is 11.0 Å². The predicted octanol–water partition coefficient (Wildman–Crippen LogP) is 3.25. The molecular formula is C15H24N4. The van der Waals surface area contributed by atoms with Crippen molar-refractivity contribution in [2.45, 2.75) is 52.6 Å². The zero-order chi connectivity index (χ0) is 14.0. The number of fused-ring (bicyclic) bond motifs is 1. The highest BCUT2D eigenvalue weighted by atomic mass is 15.2. The van der Waals surface area contributed by atoms with Gasteiger partial charge in [-0.15, -0.1) is 0 Å². The van der Waals surface area contributed by atoms with Gasteiger partial charge in [0.05, 0.1) is 17.8 Å². The van der Waals surface area contributed by atoms with Gasteiger partial charge in [-0.25, -0.2) is 4.98 Å². The van der Waals surface area contributed by atoms with Crippen LogP contribution < -0.4 is 5.32 Å². The molecule has 2 aromatic heterocycles. The molecule has 0 aliphatic heterocycles. The maximum atomic E-state index is 4.77. The first kappa shape index (κ1) is 14.0. The molecule has 104 valence electrons. The first-order chi connectivity index (χ1) is 8.95. The van der Waals surface area contributed by atoms with E-state index in [4.69, 9.17) is 4.98 Å². The molecule has 4 heteroatoms. The molecule has 0 saturated heterocycles. The molecule has 0 aromatic carbocycles. The van der Waals surface area contributed by atoms with Gasteiger partial charge < -0.3 is 9.88 Å². The number of nitrogens with zero attached hydrogens (tertiary/aromatic N) is 3. The van der Waals surface area contributed by atoms with E-state index in [1.54, 1.807) is 0 Å². The molecule has 0 bridgehead atoms. The van der Waals surface area contributed by atoms with Crippen molar-refractivity contribution in [3.8, 4) is 0 Å². The van der Waals surface area contributed by atoms with Crippen LogP contribution in [0.2, 0.25) is 0 Å². The molecule has 2 aromatic rings. The third-order valence-electron chi connectivity index (χ3n) is 3.24. The van der Waals surface area contributed by atoms with Crippen LogP contribution in [0.4, 0.5) is 0 Å². The van der Waals surface area contributed by atoms with Crippen molar-refractivity contribution < 1.29 is 0 Å². The minimum Gasteiger partial charge on any atom is -0.321 e. The van der Waals surface area contributed by atoms with E-state index < -0.39 is 0 Å². The number of pyridine rings is 1. The van der Waals surface area contributed by atoms with Crippen molar-refractivity contribution in [2.24, 2.45) is 0 Å². The summed E-state index contributed by atoms with van der Waals surface area (Å²) in [6, 6.07) is 2.29. The standard InChI is InChI=1S/C15H24N4/c1-6-8-17-11(2)14-18-12-10-16-9-7-13(12)19(14)15(3,4)5/h7,9-11,17H,6,8H2,1-5H3. The summed E-state index contributed by atoms with van der Waals surface area (Å²) in [6.07, 6.45) is 4.80. The third-order valence-corrected chi connectivity index (χ3v) is 3.24. The quantitative estimate of drug-likeness (QED) is 0.917. The molecule has 2 rings (SSSR count). The van der Waals surface area contributed by atoms with E-state index in [0.717, 1.165) is 29.8 Å². The zero-order valence-electron chi connectivity index (χ0n) is 12.6. The van der Waals surface area contributed by atoms with Crippen LogP contribution in [-0.4, -0.2) is 21.1 Å². The Morgan fingerprint density at radius 1 is 1.37 bits per heavy atom. The average molecular weight is 260 g/mol. The van der Waals surface area contributed by atoms with Crippen LogP contribution in [-0.2, 0) is 5.54 Å². The van der Waals surface area contributed by atoms with Crippen LogP contribution in [0.15, 0.2) is 18.5 Å². The molecule has 2 heterocycles. The number of hydrogen-bond donors (Lipinski definition) is 1. The summed E-state index contributed by atoms with van der Waals surface area (Å²) in [6.45, 7) is 12.0. The predicted molar refractivity (Wildman–Crippen MR) is 79.2 cm³/mol. The molecule has 1 N–H and O–H groups in total. The Morgan fingerprint density at radius 2 is 2.11 bits per heavy atom. The Balaban J connectivity index is 2.53. The van der Waals surface area contributed by atoms with Gasteiger partial charge in [0.1, 0.15) is 11.3 Å². The van der Waals surface area contributed by atoms with Gasteiger partial charge in [-0.1, -0.05) is 6.92 Å². The first-order valence-electron chi connectivity index (χ1n) is 7.01. The van der Waals surface area contributed by atoms with Gasteiger partial charge in [0.15, 0.2) is 0 Å². The van der Waals surface area contributed by atoms with Crippen molar-refractivity contribution >= 4 is 11.0 Å². The smallest absolute Gasteiger partial charge is 0.127 e. The van der Waals surface area contributed by atoms with Crippen LogP contribution in [0, 0.1) is 0 Å². The molecule has 0 spiro atoms. The van der Waals surface area contributed by atoms with Gasteiger partial charge in [0.2, 0.25) is 0 Å². The van der Waals surface area contributed by atoms with E-state index in [2.05, 4.69) is 49.5 Å². The maximum Gasteiger partial charge on any atom is 0.127 e. The van der Waals surface area contributed by atoms with Crippen molar-refractivity contribution in [3.63, 3.8) is 0 Å². The molecular weight excluding hydrogens is 236 g/mol. The Labute approximate surface area is 115 Å². The summed E-state index contributed by atoms with van der Waals surface area (Å²) in [5, 5.41) is 3.52. The van der Waals surface area contributed by atoms with E-state index >= 15 is 0 Å². The van der Waals surface area contributed by atoms with Gasteiger partial charge in [-0.3, -0.25) is 4.98 Å². The summed E-state index contributed by atoms with van der Waals surface area (Å²) >= 11 is 0. The molecule has 1 atom stereocenters. The zero-order valence-corrected chi connectivity index (χ0v) is 12.6. The van der Waals surface area contributed by atoms with Gasteiger partial charge in [-0.2, -0.15) is 0 Å². The normalized spacial score (nSPS) is 13.9. The minimum absolute atomic E-state index is 0.00753. The van der Waals surface area contributed by atoms with Gasteiger partial charge >= 0.3 is 0 Å². The SMILES string of the molecule is CCCNC(C)c1nc2cnccc2n1C(C)(C)C. The highest BCUT2D eigenvalue weighted by molar-refractivity contribution is 5.75. The summed E-state index contributed by atoms with van der Waals surface area (Å²) in [5.41, 5.74) is 2.13. The highest BCUT2D eigenvalue weighted by Crippen LogP contribution is 2.27. The first-order valence-corrected chi connectivity index (χ1v) is 7.01. The molecule has 0 radical (unpaired) electrons. The van der Waals surface area contributed by atoms with Crippen molar-refractivity contribution in [2.75, 3.05) is 6.54 Å². The molecule has 0 amide bonds. The minimum atomic E-state index is 0.00753. The van der Waals surface area contributed by atoms with E-state index in [1.807, 2.05) is 18.5 Å². The molecule has 19 heavy (non-hydrogen) atoms. The molecule has 0 saturated carbocycles. The second-order valence-corrected chi connectivity index (χ2v) is 6.02. The monoisotopic (exact) mass is 260 g/mol. The lowest BCUT2D eigenvalue weighted by Gasteiger charge is -2.27. The van der Waals surface area contributed by atoms with Crippen molar-refractivity contribution in [1.29, 1.82) is 0 Å². The van der Waals surface area contributed by atoms with Gasteiger partial charge in [0, 0.05) is 11.7 Å². The summed E-state index contributed by atoms with van der Waals surface area (Å²) in [4.78, 5) is 8.94. The fraction of sp³-hybridized carbons (Fsp3) is 0.600. The Hall–Kier alpha value is -1.42. The Kier molecular flexibility index (Phi) is 3.90. The largest absolute Gasteiger partial charge is 0.321 e. The summed E-state index contributed by atoms with van der Waals surface area (Å²) < 4.78 is 2.32. The van der Waals surface area contributed by atoms with Crippen LogP contribution >= 0.6 is 0 Å². The van der Waals surface area contributed by atoms with Crippen molar-refractivity contribution in [1.82, 2.24) is 19.9 Å². The average Bonchev–Trinajstić information content (AvgIpc) is 2.74. The number of rotatable bonds is 4. The topological polar surface area (TPSA) is 42.7 Å². The fourth-order valence-corrected chi connectivity index (χ4v) is 2.40. The Morgan fingerprint density at radius 3 is 2.74 bits per heavy atom. The van der Waals surface area contributed by atoms with Crippen LogP contribution in [0.5, 0.6) is 0 Å². The molecule has 1 unspecified atom stereocenters. The number of nitrogens with one attached hydrogen (secondary N) is 1. The van der Waals surface area contributed by atoms with E-state index in [9.17, 15) is 0 Å². The fourth-order valence-electron chi connectivity index (χ4n) is 2.40. The summed E-state index contributed by atoms with van der Waals surface area (Å²) in [5.74, 6) is 1.09. The summed E-state index contributed by atoms with van der Waals surface area (Å²) in [7, 11) is 0. The Bertz CT molecular complexity index is 551. The number of aromatic nitrogens is 3. The molecule has 0 fully saturated rings. The second kappa shape index (κ2) is 5.29. The van der Waals surface area contributed by atoms with Crippen molar-refractivity contribution in [3.05, 3.63) is 24.3 Å². The third kappa shape index (κ3) is 2.78. The van der Waals surface area contributed by atoms with Gasteiger partial charge in [-0.05, 0) is 46.7 Å². The molecule has 0 aliphatic rings. The number of hydrogen-bond acceptors (Lipinski definition) is 3. The van der Waals surface area contributed by atoms with Crippen LogP contribution in [0.1, 0.15) is 52.9 Å². The maximum absolute atomic E-state index is 4.77. The second-order valence-electron chi connectivity index (χ2n) is 6.02. The van der Waals surface area contributed by atoms with E-state index in [-0.39, 0.29) is 11.6 Å². The van der Waals surface area contributed by atoms with Crippen LogP contribution in [0.3, 0.4) is 0 Å². The van der Waals surface area contributed by atoms with E-state index in [0.29, 0.717) is 0 Å². The van der Waals surface area contributed by atoms with Gasteiger partial charge in [0.25, 0.3) is 0 Å². The number of imidazole rings is 1. The molecule has 0 aliphatic carbocycles. The molecule has 4 nitrogen and oxygen atoms in total. The lowest BCUT2D eigenvalue weighted by atomic mass is 10.1. The highest BCUT2D eigenvalue weighted by Gasteiger charge is 2.24. The lowest BCUT2D eigenvalue weighted by Crippen LogP contribution is -2.29. The van der Waals surface area contributed by atoms with E-state index in [1.165, 1.54) is 0 Å².